The van der Waals surface area contributed by atoms with Gasteiger partial charge in [-0.25, -0.2) is 0 Å². The van der Waals surface area contributed by atoms with Gasteiger partial charge in [-0.1, -0.05) is 20.8 Å². The number of carbonyl (C=O) groups is 1. The van der Waals surface area contributed by atoms with E-state index in [1.54, 1.807) is 0 Å². The van der Waals surface area contributed by atoms with E-state index in [1.807, 2.05) is 0 Å². The molecule has 10 heavy (non-hydrogen) atoms. The minimum absolute atomic E-state index is 0.114. The summed E-state index contributed by atoms with van der Waals surface area (Å²) in [5.41, 5.74) is 0.114. The molecular formula is C8H15ClO. The van der Waals surface area contributed by atoms with Crippen molar-refractivity contribution in [3.05, 3.63) is 0 Å². The minimum Gasteiger partial charge on any atom is -0.300 e. The van der Waals surface area contributed by atoms with Crippen LogP contribution in [0.4, 0.5) is 0 Å². The number of alkyl halides is 1. The van der Waals surface area contributed by atoms with Crippen molar-refractivity contribution >= 4 is 17.4 Å². The van der Waals surface area contributed by atoms with Crippen LogP contribution in [0.2, 0.25) is 0 Å². The maximum Gasteiger partial charge on any atom is 0.134 e. The molecule has 1 nitrogen and oxygen atoms in total. The maximum absolute atomic E-state index is 11.0. The smallest absolute Gasteiger partial charge is 0.134 e. The molecule has 0 aromatic heterocycles. The number of rotatable bonds is 3. The van der Waals surface area contributed by atoms with Crippen molar-refractivity contribution in [1.82, 2.24) is 0 Å². The number of halogens is 1. The van der Waals surface area contributed by atoms with E-state index in [-0.39, 0.29) is 11.2 Å². The van der Waals surface area contributed by atoms with Gasteiger partial charge in [0, 0.05) is 18.7 Å². The van der Waals surface area contributed by atoms with Crippen LogP contribution < -0.4 is 0 Å². The summed E-state index contributed by atoms with van der Waals surface area (Å²) >= 11 is 5.40. The van der Waals surface area contributed by atoms with Crippen LogP contribution >= 0.6 is 11.6 Å². The molecule has 0 heterocycles. The van der Waals surface area contributed by atoms with Gasteiger partial charge in [-0.2, -0.15) is 0 Å². The minimum atomic E-state index is 0.114. The molecule has 2 heteroatoms. The Labute approximate surface area is 67.8 Å². The van der Waals surface area contributed by atoms with Crippen molar-refractivity contribution in [3.63, 3.8) is 0 Å². The van der Waals surface area contributed by atoms with Crippen LogP contribution in [0.15, 0.2) is 0 Å². The highest BCUT2D eigenvalue weighted by Gasteiger charge is 2.14. The van der Waals surface area contributed by atoms with Gasteiger partial charge in [0.05, 0.1) is 0 Å². The Morgan fingerprint density at radius 2 is 1.90 bits per heavy atom. The molecule has 0 aliphatic carbocycles. The molecule has 0 saturated carbocycles. The Hall–Kier alpha value is -0.0400. The van der Waals surface area contributed by atoms with Crippen molar-refractivity contribution in [1.29, 1.82) is 0 Å². The predicted octanol–water partition coefficient (Wildman–Crippen LogP) is 2.62. The SMILES string of the molecule is CC(C)(C)CC(=O)CCCl. The first kappa shape index (κ1) is 9.96. The molecule has 0 saturated heterocycles. The lowest BCUT2D eigenvalue weighted by molar-refractivity contribution is -0.120. The molecule has 0 N–H and O–H groups in total. The molecule has 0 atom stereocenters. The van der Waals surface area contributed by atoms with E-state index in [1.165, 1.54) is 0 Å². The second-order valence-corrected chi connectivity index (χ2v) is 4.09. The first-order chi connectivity index (χ1) is 4.45. The number of carbonyl (C=O) groups excluding carboxylic acids is 1. The summed E-state index contributed by atoms with van der Waals surface area (Å²) in [4.78, 5) is 11.0. The first-order valence-electron chi connectivity index (χ1n) is 3.53. The average molecular weight is 163 g/mol. The largest absolute Gasteiger partial charge is 0.300 e. The van der Waals surface area contributed by atoms with Crippen molar-refractivity contribution in [3.8, 4) is 0 Å². The standard InChI is InChI=1S/C8H15ClO/c1-8(2,3)6-7(10)4-5-9/h4-6H2,1-3H3. The monoisotopic (exact) mass is 162 g/mol. The second-order valence-electron chi connectivity index (χ2n) is 3.72. The van der Waals surface area contributed by atoms with Gasteiger partial charge >= 0.3 is 0 Å². The van der Waals surface area contributed by atoms with Crippen LogP contribution in [0.25, 0.3) is 0 Å². The Morgan fingerprint density at radius 3 is 2.20 bits per heavy atom. The molecule has 0 aliphatic heterocycles. The third kappa shape index (κ3) is 6.09. The van der Waals surface area contributed by atoms with E-state index >= 15 is 0 Å². The van der Waals surface area contributed by atoms with Gasteiger partial charge in [-0.15, -0.1) is 11.6 Å². The molecule has 0 bridgehead atoms. The molecule has 0 unspecified atom stereocenters. The summed E-state index contributed by atoms with van der Waals surface area (Å²) in [6.45, 7) is 6.16. The summed E-state index contributed by atoms with van der Waals surface area (Å²) in [5, 5.41) is 0. The van der Waals surface area contributed by atoms with Gasteiger partial charge in [-0.3, -0.25) is 4.79 Å². The zero-order chi connectivity index (χ0) is 8.20. The third-order valence-corrected chi connectivity index (χ3v) is 1.29. The van der Waals surface area contributed by atoms with Crippen molar-refractivity contribution in [2.75, 3.05) is 5.88 Å². The van der Waals surface area contributed by atoms with E-state index in [0.717, 1.165) is 0 Å². The Morgan fingerprint density at radius 1 is 1.40 bits per heavy atom. The van der Waals surface area contributed by atoms with E-state index < -0.39 is 0 Å². The summed E-state index contributed by atoms with van der Waals surface area (Å²) in [5.74, 6) is 0.719. The van der Waals surface area contributed by atoms with Crippen LogP contribution in [0.1, 0.15) is 33.6 Å². The van der Waals surface area contributed by atoms with Crippen LogP contribution in [0, 0.1) is 5.41 Å². The molecule has 60 valence electrons. The van der Waals surface area contributed by atoms with Crippen LogP contribution in [0.5, 0.6) is 0 Å². The summed E-state index contributed by atoms with van der Waals surface area (Å²) < 4.78 is 0. The fourth-order valence-corrected chi connectivity index (χ4v) is 0.996. The zero-order valence-corrected chi connectivity index (χ0v) is 7.66. The third-order valence-electron chi connectivity index (χ3n) is 1.10. The van der Waals surface area contributed by atoms with Crippen molar-refractivity contribution in [2.45, 2.75) is 33.6 Å². The lowest BCUT2D eigenvalue weighted by Gasteiger charge is -2.15. The number of Topliss-reactive ketones (excluding diaryl/α,β-unsaturated/α-hetero) is 1. The summed E-state index contributed by atoms with van der Waals surface area (Å²) in [6, 6.07) is 0. The summed E-state index contributed by atoms with van der Waals surface area (Å²) in [7, 11) is 0. The number of hydrogen-bond donors (Lipinski definition) is 0. The van der Waals surface area contributed by atoms with Gasteiger partial charge in [0.1, 0.15) is 5.78 Å². The normalized spacial score (nSPS) is 11.6. The lowest BCUT2D eigenvalue weighted by Crippen LogP contribution is -2.12. The molecule has 0 radical (unpaired) electrons. The quantitative estimate of drug-likeness (QED) is 0.584. The fraction of sp³-hybridized carbons (Fsp3) is 0.875. The number of hydrogen-bond acceptors (Lipinski definition) is 1. The van der Waals surface area contributed by atoms with Crippen LogP contribution in [-0.4, -0.2) is 11.7 Å². The predicted molar refractivity (Wildman–Crippen MR) is 44.4 cm³/mol. The molecule has 0 rings (SSSR count). The van der Waals surface area contributed by atoms with Gasteiger partial charge in [0.15, 0.2) is 0 Å². The maximum atomic E-state index is 11.0. The fourth-order valence-electron chi connectivity index (χ4n) is 0.785. The van der Waals surface area contributed by atoms with Gasteiger partial charge in [-0.05, 0) is 5.41 Å². The van der Waals surface area contributed by atoms with Crippen molar-refractivity contribution in [2.24, 2.45) is 5.41 Å². The lowest BCUT2D eigenvalue weighted by atomic mass is 9.89. The van der Waals surface area contributed by atoms with Gasteiger partial charge in [0.2, 0.25) is 0 Å². The highest BCUT2D eigenvalue weighted by Crippen LogP contribution is 2.19. The topological polar surface area (TPSA) is 17.1 Å². The molecule has 0 aromatic carbocycles. The molecule has 0 amide bonds. The van der Waals surface area contributed by atoms with Crippen molar-refractivity contribution < 1.29 is 4.79 Å². The Balaban J connectivity index is 3.58. The summed E-state index contributed by atoms with van der Waals surface area (Å²) in [6.07, 6.45) is 1.15. The molecule has 0 aromatic rings. The average Bonchev–Trinajstić information content (AvgIpc) is 1.59. The Kier molecular flexibility index (Phi) is 3.95. The highest BCUT2D eigenvalue weighted by molar-refractivity contribution is 6.19. The first-order valence-corrected chi connectivity index (χ1v) is 4.07. The molecule has 0 fully saturated rings. The highest BCUT2D eigenvalue weighted by atomic mass is 35.5. The number of ketones is 1. The van der Waals surface area contributed by atoms with E-state index in [0.29, 0.717) is 18.7 Å². The molecule has 0 spiro atoms. The second kappa shape index (κ2) is 3.97. The zero-order valence-electron chi connectivity index (χ0n) is 6.91. The van der Waals surface area contributed by atoms with E-state index in [2.05, 4.69) is 20.8 Å². The van der Waals surface area contributed by atoms with E-state index in [9.17, 15) is 4.79 Å². The van der Waals surface area contributed by atoms with Crippen LogP contribution in [-0.2, 0) is 4.79 Å². The van der Waals surface area contributed by atoms with Gasteiger partial charge in [0.25, 0.3) is 0 Å². The van der Waals surface area contributed by atoms with E-state index in [4.69, 9.17) is 11.6 Å². The van der Waals surface area contributed by atoms with Gasteiger partial charge < -0.3 is 0 Å². The Bertz CT molecular complexity index is 113. The van der Waals surface area contributed by atoms with Crippen LogP contribution in [0.3, 0.4) is 0 Å². The molecule has 0 aliphatic rings. The molecular weight excluding hydrogens is 148 g/mol.